The van der Waals surface area contributed by atoms with Crippen LogP contribution in [-0.4, -0.2) is 17.8 Å². The second kappa shape index (κ2) is 16.5. The minimum absolute atomic E-state index is 0.991. The molecule has 0 spiro atoms. The van der Waals surface area contributed by atoms with Gasteiger partial charge in [0.2, 0.25) is 0 Å². The van der Waals surface area contributed by atoms with Gasteiger partial charge in [-0.25, -0.2) is 0 Å². The van der Waals surface area contributed by atoms with E-state index in [4.69, 9.17) is 5.26 Å². The molecule has 0 saturated carbocycles. The van der Waals surface area contributed by atoms with Gasteiger partial charge in [-0.15, -0.1) is 0 Å². The molecule has 0 aliphatic heterocycles. The van der Waals surface area contributed by atoms with Gasteiger partial charge in [0.15, 0.2) is 0 Å². The van der Waals surface area contributed by atoms with Gasteiger partial charge in [0.1, 0.15) is 0 Å². The van der Waals surface area contributed by atoms with Crippen molar-refractivity contribution in [3.8, 4) is 6.07 Å². The van der Waals surface area contributed by atoms with Gasteiger partial charge in [0.05, 0.1) is 6.07 Å². The molecule has 0 radical (unpaired) electrons. The van der Waals surface area contributed by atoms with Gasteiger partial charge < -0.3 is 4.57 Å². The molecule has 0 atom stereocenters. The van der Waals surface area contributed by atoms with Gasteiger partial charge in [-0.3, -0.25) is 4.99 Å². The summed E-state index contributed by atoms with van der Waals surface area (Å²) in [7, 11) is 1.81. The second-order valence-corrected chi connectivity index (χ2v) is 8.23. The lowest BCUT2D eigenvalue weighted by atomic mass is 10.1. The molecule has 1 aromatic heterocycles. The van der Waals surface area contributed by atoms with Crippen LogP contribution in [0.15, 0.2) is 96.5 Å². The van der Waals surface area contributed by atoms with E-state index in [1.165, 1.54) is 39.9 Å². The zero-order chi connectivity index (χ0) is 27.8. The van der Waals surface area contributed by atoms with Crippen LogP contribution in [0.5, 0.6) is 0 Å². The zero-order valence-corrected chi connectivity index (χ0v) is 23.5. The SMILES string of the molecule is C=C(C)/C=C/c1cccc(C(=C)C)c1.CC.CC#N.CCn1c2ccccc2c2cc(C=NC)ccc21. The molecule has 0 bridgehead atoms. The quantitative estimate of drug-likeness (QED) is 0.202. The van der Waals surface area contributed by atoms with E-state index in [0.29, 0.717) is 0 Å². The lowest BCUT2D eigenvalue weighted by Crippen LogP contribution is -1.92. The summed E-state index contributed by atoms with van der Waals surface area (Å²) in [6.45, 7) is 20.4. The third-order valence-corrected chi connectivity index (χ3v) is 5.33. The number of benzene rings is 3. The average molecular weight is 492 g/mol. The van der Waals surface area contributed by atoms with E-state index >= 15 is 0 Å². The monoisotopic (exact) mass is 491 g/mol. The number of rotatable bonds is 5. The maximum absolute atomic E-state index is 7.32. The van der Waals surface area contributed by atoms with Gasteiger partial charge in [0, 0.05) is 48.5 Å². The van der Waals surface area contributed by atoms with E-state index in [0.717, 1.165) is 23.3 Å². The molecule has 192 valence electrons. The summed E-state index contributed by atoms with van der Waals surface area (Å²) in [5, 5.41) is 9.95. The second-order valence-electron chi connectivity index (χ2n) is 8.23. The summed E-state index contributed by atoms with van der Waals surface area (Å²) in [5.74, 6) is 0. The molecule has 3 nitrogen and oxygen atoms in total. The predicted octanol–water partition coefficient (Wildman–Crippen LogP) is 9.73. The summed E-state index contributed by atoms with van der Waals surface area (Å²) in [4.78, 5) is 4.09. The van der Waals surface area contributed by atoms with Crippen LogP contribution in [0.4, 0.5) is 0 Å². The highest BCUT2D eigenvalue weighted by molar-refractivity contribution is 6.09. The van der Waals surface area contributed by atoms with Crippen LogP contribution in [0.1, 0.15) is 58.2 Å². The average Bonchev–Trinajstić information content (AvgIpc) is 3.23. The van der Waals surface area contributed by atoms with Gasteiger partial charge >= 0.3 is 0 Å². The molecule has 4 aromatic rings. The van der Waals surface area contributed by atoms with E-state index < -0.39 is 0 Å². The Morgan fingerprint density at radius 3 is 2.16 bits per heavy atom. The minimum Gasteiger partial charge on any atom is -0.341 e. The van der Waals surface area contributed by atoms with E-state index in [2.05, 4.69) is 96.4 Å². The Kier molecular flexibility index (Phi) is 13.8. The lowest BCUT2D eigenvalue weighted by Gasteiger charge is -2.02. The smallest absolute Gasteiger partial charge is 0.0587 e. The maximum Gasteiger partial charge on any atom is 0.0587 e. The standard InChI is InChI=1S/C16H16N2.C14H16.C2H3N.C2H6/c1-3-18-15-7-5-4-6-13(15)14-10-12(11-17-2)8-9-16(14)18;1-11(2)8-9-13-6-5-7-14(10-13)12(3)4;1-2-3;1-2/h4-11H,3H2,1-2H3;5-10H,1,3H2,2,4H3;1H3;1-2H3/b;9-8+;;. The highest BCUT2D eigenvalue weighted by Gasteiger charge is 2.08. The first-order valence-corrected chi connectivity index (χ1v) is 12.7. The Balaban J connectivity index is 0.000000324. The van der Waals surface area contributed by atoms with Gasteiger partial charge in [-0.05, 0) is 61.7 Å². The topological polar surface area (TPSA) is 41.1 Å². The molecule has 0 aliphatic carbocycles. The molecule has 37 heavy (non-hydrogen) atoms. The lowest BCUT2D eigenvalue weighted by molar-refractivity contribution is 0.827. The van der Waals surface area contributed by atoms with Crippen LogP contribution in [0.3, 0.4) is 0 Å². The van der Waals surface area contributed by atoms with E-state index in [9.17, 15) is 0 Å². The van der Waals surface area contributed by atoms with Crippen LogP contribution >= 0.6 is 0 Å². The van der Waals surface area contributed by atoms with Crippen molar-refractivity contribution < 1.29 is 0 Å². The van der Waals surface area contributed by atoms with Crippen molar-refractivity contribution >= 4 is 39.7 Å². The Bertz CT molecular complexity index is 1410. The van der Waals surface area contributed by atoms with Crippen molar-refractivity contribution in [2.75, 3.05) is 7.05 Å². The number of hydrogen-bond donors (Lipinski definition) is 0. The van der Waals surface area contributed by atoms with E-state index in [1.54, 1.807) is 13.1 Å². The maximum atomic E-state index is 7.32. The Morgan fingerprint density at radius 1 is 0.919 bits per heavy atom. The largest absolute Gasteiger partial charge is 0.341 e. The Hall–Kier alpha value is -4.16. The van der Waals surface area contributed by atoms with Crippen LogP contribution in [0.25, 0.3) is 33.5 Å². The van der Waals surface area contributed by atoms with E-state index in [-0.39, 0.29) is 0 Å². The molecule has 3 heteroatoms. The van der Waals surface area contributed by atoms with Crippen molar-refractivity contribution in [1.82, 2.24) is 4.57 Å². The Labute approximate surface area is 223 Å². The fourth-order valence-electron chi connectivity index (χ4n) is 3.79. The van der Waals surface area contributed by atoms with Gasteiger partial charge in [-0.2, -0.15) is 5.26 Å². The third-order valence-electron chi connectivity index (χ3n) is 5.33. The number of aryl methyl sites for hydroxylation is 1. The number of aromatic nitrogens is 1. The first-order chi connectivity index (χ1) is 17.9. The number of hydrogen-bond acceptors (Lipinski definition) is 2. The first-order valence-electron chi connectivity index (χ1n) is 12.7. The van der Waals surface area contributed by atoms with E-state index in [1.807, 2.05) is 46.1 Å². The summed E-state index contributed by atoms with van der Waals surface area (Å²) in [6, 6.07) is 25.2. The van der Waals surface area contributed by atoms with Crippen molar-refractivity contribution in [2.45, 2.75) is 48.1 Å². The summed E-state index contributed by atoms with van der Waals surface area (Å²) in [6.07, 6.45) is 5.98. The van der Waals surface area contributed by atoms with Crippen molar-refractivity contribution in [3.63, 3.8) is 0 Å². The third kappa shape index (κ3) is 9.09. The molecule has 0 N–H and O–H groups in total. The molecule has 3 aromatic carbocycles. The van der Waals surface area contributed by atoms with Gasteiger partial charge in [0.25, 0.3) is 0 Å². The molecule has 0 saturated heterocycles. The number of aliphatic imine (C=N–C) groups is 1. The molecular weight excluding hydrogens is 450 g/mol. The number of allylic oxidation sites excluding steroid dienone is 3. The van der Waals surface area contributed by atoms with Gasteiger partial charge in [-0.1, -0.05) is 92.8 Å². The number of nitrogens with zero attached hydrogens (tertiary/aromatic N) is 3. The summed E-state index contributed by atoms with van der Waals surface area (Å²) < 4.78 is 2.36. The minimum atomic E-state index is 0.991. The van der Waals surface area contributed by atoms with Crippen LogP contribution in [0.2, 0.25) is 0 Å². The normalized spacial score (nSPS) is 10.1. The number of fused-ring (bicyclic) bond motifs is 3. The zero-order valence-electron chi connectivity index (χ0n) is 23.5. The van der Waals surface area contributed by atoms with Crippen molar-refractivity contribution in [3.05, 3.63) is 108 Å². The summed E-state index contributed by atoms with van der Waals surface area (Å²) in [5.41, 5.74) is 8.29. The first kappa shape index (κ1) is 30.9. The molecule has 4 rings (SSSR count). The molecule has 0 amide bonds. The van der Waals surface area contributed by atoms with Crippen LogP contribution in [-0.2, 0) is 6.54 Å². The molecular formula is C34H41N3. The van der Waals surface area contributed by atoms with Crippen molar-refractivity contribution in [2.24, 2.45) is 4.99 Å². The number of nitriles is 1. The summed E-state index contributed by atoms with van der Waals surface area (Å²) >= 11 is 0. The number of para-hydroxylation sites is 1. The predicted molar refractivity (Wildman–Crippen MR) is 166 cm³/mol. The fraction of sp³-hybridized carbons (Fsp3) is 0.235. The molecule has 0 fully saturated rings. The highest BCUT2D eigenvalue weighted by Crippen LogP contribution is 2.29. The molecule has 0 aliphatic rings. The van der Waals surface area contributed by atoms with Crippen molar-refractivity contribution in [1.29, 1.82) is 5.26 Å². The Morgan fingerprint density at radius 2 is 1.57 bits per heavy atom. The molecule has 0 unspecified atom stereocenters. The molecule has 1 heterocycles. The van der Waals surface area contributed by atoms with Crippen LogP contribution < -0.4 is 0 Å². The fourth-order valence-corrected chi connectivity index (χ4v) is 3.79. The highest BCUT2D eigenvalue weighted by atomic mass is 15.0. The van der Waals surface area contributed by atoms with Crippen LogP contribution in [0, 0.1) is 11.3 Å².